The minimum Gasteiger partial charge on any atom is -0.507 e. The van der Waals surface area contributed by atoms with Crippen molar-refractivity contribution in [2.45, 2.75) is 25.0 Å². The van der Waals surface area contributed by atoms with Crippen LogP contribution in [-0.4, -0.2) is 58.0 Å². The van der Waals surface area contributed by atoms with Gasteiger partial charge in [0.1, 0.15) is 11.5 Å². The Kier molecular flexibility index (Phi) is 3.87. The zero-order valence-corrected chi connectivity index (χ0v) is 11.5. The van der Waals surface area contributed by atoms with E-state index in [1.54, 1.807) is 13.0 Å². The summed E-state index contributed by atoms with van der Waals surface area (Å²) in [5.74, 6) is -0.0819. The van der Waals surface area contributed by atoms with E-state index in [-0.39, 0.29) is 30.2 Å². The summed E-state index contributed by atoms with van der Waals surface area (Å²) in [4.78, 5) is 13.7. The van der Waals surface area contributed by atoms with Crippen LogP contribution < -0.4 is 4.74 Å². The summed E-state index contributed by atoms with van der Waals surface area (Å²) in [7, 11) is 1.47. The first kappa shape index (κ1) is 14.6. The lowest BCUT2D eigenvalue weighted by Gasteiger charge is -2.39. The first-order valence-corrected chi connectivity index (χ1v) is 6.42. The second-order valence-electron chi connectivity index (χ2n) is 5.26. The van der Waals surface area contributed by atoms with Crippen molar-refractivity contribution in [3.63, 3.8) is 0 Å². The number of hydrogen-bond donors (Lipinski definition) is 3. The second-order valence-corrected chi connectivity index (χ2v) is 5.26. The number of aliphatic hydroxyl groups excluding tert-OH is 1. The molecule has 2 atom stereocenters. The van der Waals surface area contributed by atoms with Gasteiger partial charge in [0.25, 0.3) is 5.91 Å². The molecule has 0 radical (unpaired) electrons. The van der Waals surface area contributed by atoms with Crippen molar-refractivity contribution in [1.82, 2.24) is 4.90 Å². The summed E-state index contributed by atoms with van der Waals surface area (Å²) in [5.41, 5.74) is -1.03. The molecule has 1 heterocycles. The van der Waals surface area contributed by atoms with Crippen LogP contribution in [0.25, 0.3) is 0 Å². The monoisotopic (exact) mass is 281 g/mol. The number of amides is 1. The molecule has 3 N–H and O–H groups in total. The molecule has 1 aliphatic heterocycles. The molecule has 20 heavy (non-hydrogen) atoms. The van der Waals surface area contributed by atoms with E-state index < -0.39 is 11.7 Å². The molecule has 0 unspecified atom stereocenters. The van der Waals surface area contributed by atoms with E-state index in [2.05, 4.69) is 0 Å². The molecule has 0 aromatic heterocycles. The average molecular weight is 281 g/mol. The van der Waals surface area contributed by atoms with Crippen LogP contribution in [-0.2, 0) is 0 Å². The maximum atomic E-state index is 12.3. The first-order chi connectivity index (χ1) is 9.35. The number of β-amino-alcohol motifs (C(OH)–C–C–N with tert-alkyl or cyclic N) is 1. The number of hydrogen-bond acceptors (Lipinski definition) is 5. The van der Waals surface area contributed by atoms with Gasteiger partial charge in [-0.2, -0.15) is 0 Å². The topological polar surface area (TPSA) is 90.2 Å². The standard InChI is InChI=1S/C14H19NO5/c1-14(19)5-6-15(8-12(14)17)13(18)10-4-3-9(20-2)7-11(10)16/h3-4,7,12,16-17,19H,5-6,8H2,1-2H3/t12-,14+/m0/s1. The molecule has 1 aromatic rings. The number of rotatable bonds is 2. The molecule has 6 nitrogen and oxygen atoms in total. The van der Waals surface area contributed by atoms with Gasteiger partial charge in [0.15, 0.2) is 0 Å². The number of aliphatic hydroxyl groups is 2. The largest absolute Gasteiger partial charge is 0.507 e. The van der Waals surface area contributed by atoms with Crippen LogP contribution in [0.3, 0.4) is 0 Å². The highest BCUT2D eigenvalue weighted by molar-refractivity contribution is 5.97. The Morgan fingerprint density at radius 1 is 1.50 bits per heavy atom. The van der Waals surface area contributed by atoms with Crippen LogP contribution in [0, 0.1) is 0 Å². The number of likely N-dealkylation sites (tertiary alicyclic amines) is 1. The highest BCUT2D eigenvalue weighted by atomic mass is 16.5. The molecule has 1 aromatic carbocycles. The molecule has 0 aliphatic carbocycles. The Hall–Kier alpha value is -1.79. The molecule has 0 saturated carbocycles. The van der Waals surface area contributed by atoms with Gasteiger partial charge >= 0.3 is 0 Å². The van der Waals surface area contributed by atoms with Crippen molar-refractivity contribution >= 4 is 5.91 Å². The SMILES string of the molecule is COc1ccc(C(=O)N2CC[C@@](C)(O)[C@@H](O)C2)c(O)c1. The molecular weight excluding hydrogens is 262 g/mol. The number of carbonyl (C=O) groups is 1. The number of ether oxygens (including phenoxy) is 1. The van der Waals surface area contributed by atoms with Crippen LogP contribution in [0.5, 0.6) is 11.5 Å². The summed E-state index contributed by atoms with van der Waals surface area (Å²) in [6.07, 6.45) is -0.711. The van der Waals surface area contributed by atoms with Gasteiger partial charge in [-0.15, -0.1) is 0 Å². The van der Waals surface area contributed by atoms with E-state index in [4.69, 9.17) is 4.74 Å². The number of aromatic hydroxyl groups is 1. The van der Waals surface area contributed by atoms with Crippen LogP contribution in [0.2, 0.25) is 0 Å². The lowest BCUT2D eigenvalue weighted by Crippen LogP contribution is -2.55. The predicted octanol–water partition coefficient (Wildman–Crippen LogP) is 0.359. The second kappa shape index (κ2) is 5.30. The van der Waals surface area contributed by atoms with Crippen molar-refractivity contribution in [3.05, 3.63) is 23.8 Å². The summed E-state index contributed by atoms with van der Waals surface area (Å²) in [6.45, 7) is 1.91. The van der Waals surface area contributed by atoms with Crippen molar-refractivity contribution in [1.29, 1.82) is 0 Å². The fourth-order valence-corrected chi connectivity index (χ4v) is 2.20. The van der Waals surface area contributed by atoms with Gasteiger partial charge in [-0.1, -0.05) is 0 Å². The Labute approximate surface area is 117 Å². The fourth-order valence-electron chi connectivity index (χ4n) is 2.20. The first-order valence-electron chi connectivity index (χ1n) is 6.42. The lowest BCUT2D eigenvalue weighted by atomic mass is 9.90. The van der Waals surface area contributed by atoms with E-state index >= 15 is 0 Å². The zero-order chi connectivity index (χ0) is 14.9. The summed E-state index contributed by atoms with van der Waals surface area (Å²) < 4.78 is 4.96. The minimum absolute atomic E-state index is 0.0390. The quantitative estimate of drug-likeness (QED) is 0.728. The number of methoxy groups -OCH3 is 1. The molecule has 6 heteroatoms. The molecule has 0 spiro atoms. The smallest absolute Gasteiger partial charge is 0.257 e. The van der Waals surface area contributed by atoms with Crippen LogP contribution in [0.1, 0.15) is 23.7 Å². The van der Waals surface area contributed by atoms with Gasteiger partial charge in [-0.05, 0) is 25.5 Å². The number of phenols is 1. The van der Waals surface area contributed by atoms with Crippen LogP contribution in [0.4, 0.5) is 0 Å². The number of piperidine rings is 1. The third-order valence-corrected chi connectivity index (χ3v) is 3.72. The van der Waals surface area contributed by atoms with Gasteiger partial charge in [0, 0.05) is 19.2 Å². The summed E-state index contributed by atoms with van der Waals surface area (Å²) in [6, 6.07) is 4.43. The predicted molar refractivity (Wildman–Crippen MR) is 71.8 cm³/mol. The van der Waals surface area contributed by atoms with E-state index in [0.29, 0.717) is 12.3 Å². The summed E-state index contributed by atoms with van der Waals surface area (Å²) >= 11 is 0. The van der Waals surface area contributed by atoms with E-state index in [0.717, 1.165) is 0 Å². The third kappa shape index (κ3) is 2.71. The maximum Gasteiger partial charge on any atom is 0.257 e. The number of nitrogens with zero attached hydrogens (tertiary/aromatic N) is 1. The minimum atomic E-state index is -1.18. The summed E-state index contributed by atoms with van der Waals surface area (Å²) in [5, 5.41) is 29.6. The van der Waals surface area contributed by atoms with Crippen molar-refractivity contribution in [2.75, 3.05) is 20.2 Å². The van der Waals surface area contributed by atoms with Crippen molar-refractivity contribution in [2.24, 2.45) is 0 Å². The van der Waals surface area contributed by atoms with E-state index in [1.807, 2.05) is 0 Å². The molecule has 1 saturated heterocycles. The Morgan fingerprint density at radius 2 is 2.20 bits per heavy atom. The van der Waals surface area contributed by atoms with E-state index in [1.165, 1.54) is 24.1 Å². The van der Waals surface area contributed by atoms with Gasteiger partial charge in [0.05, 0.1) is 24.4 Å². The average Bonchev–Trinajstić information content (AvgIpc) is 2.41. The Bertz CT molecular complexity index is 514. The normalized spacial score (nSPS) is 26.4. The van der Waals surface area contributed by atoms with Gasteiger partial charge in [-0.3, -0.25) is 4.79 Å². The van der Waals surface area contributed by atoms with E-state index in [9.17, 15) is 20.1 Å². The molecule has 1 amide bonds. The zero-order valence-electron chi connectivity index (χ0n) is 11.5. The molecule has 110 valence electrons. The third-order valence-electron chi connectivity index (χ3n) is 3.72. The fraction of sp³-hybridized carbons (Fsp3) is 0.500. The van der Waals surface area contributed by atoms with Gasteiger partial charge in [0.2, 0.25) is 0 Å². The Balaban J connectivity index is 2.16. The van der Waals surface area contributed by atoms with Gasteiger partial charge < -0.3 is 25.0 Å². The van der Waals surface area contributed by atoms with Crippen molar-refractivity contribution in [3.8, 4) is 11.5 Å². The Morgan fingerprint density at radius 3 is 2.75 bits per heavy atom. The molecule has 2 rings (SSSR count). The number of phenolic OH excluding ortho intramolecular Hbond substituents is 1. The highest BCUT2D eigenvalue weighted by Crippen LogP contribution is 2.27. The van der Waals surface area contributed by atoms with Gasteiger partial charge in [-0.25, -0.2) is 0 Å². The number of benzene rings is 1. The maximum absolute atomic E-state index is 12.3. The molecule has 1 fully saturated rings. The lowest BCUT2D eigenvalue weighted by molar-refractivity contribution is -0.0999. The molecular formula is C14H19NO5. The highest BCUT2D eigenvalue weighted by Gasteiger charge is 2.38. The molecule has 1 aliphatic rings. The molecule has 0 bridgehead atoms. The van der Waals surface area contributed by atoms with Crippen molar-refractivity contribution < 1.29 is 24.9 Å². The van der Waals surface area contributed by atoms with Crippen LogP contribution >= 0.6 is 0 Å². The number of carbonyl (C=O) groups excluding carboxylic acids is 1. The van der Waals surface area contributed by atoms with Crippen LogP contribution in [0.15, 0.2) is 18.2 Å².